The second-order valence-corrected chi connectivity index (χ2v) is 7.15. The third-order valence-electron chi connectivity index (χ3n) is 4.86. The van der Waals surface area contributed by atoms with Crippen molar-refractivity contribution in [1.29, 1.82) is 0 Å². The van der Waals surface area contributed by atoms with Crippen molar-refractivity contribution in [3.8, 4) is 0 Å². The predicted octanol–water partition coefficient (Wildman–Crippen LogP) is 5.61. The number of halogens is 1. The maximum absolute atomic E-state index is 11.0. The molecule has 0 spiro atoms. The van der Waals surface area contributed by atoms with Crippen LogP contribution in [0.3, 0.4) is 0 Å². The van der Waals surface area contributed by atoms with Crippen molar-refractivity contribution < 1.29 is 5.11 Å². The van der Waals surface area contributed by atoms with Gasteiger partial charge in [0.05, 0.1) is 6.10 Å². The first-order valence-electron chi connectivity index (χ1n) is 7.47. The van der Waals surface area contributed by atoms with E-state index >= 15 is 0 Å². The molecule has 3 rings (SSSR count). The highest BCUT2D eigenvalue weighted by molar-refractivity contribution is 9.10. The monoisotopic (exact) mass is 332 g/mol. The summed E-state index contributed by atoms with van der Waals surface area (Å²) < 4.78 is 1.10. The van der Waals surface area contributed by atoms with E-state index in [9.17, 15) is 5.11 Å². The average molecular weight is 333 g/mol. The van der Waals surface area contributed by atoms with Crippen LogP contribution in [0.25, 0.3) is 10.8 Å². The molecule has 2 heteroatoms. The minimum absolute atomic E-state index is 0.0227. The lowest BCUT2D eigenvalue weighted by Gasteiger charge is -2.38. The standard InChI is InChI=1S/C18H21BrO/c1-18(11-5-2-6-12-18)17(20)15-9-10-16(19)14-8-4-3-7-13(14)15/h3-4,7-10,17,20H,2,5-6,11-12H2,1H3. The molecular weight excluding hydrogens is 312 g/mol. The maximum atomic E-state index is 11.0. The van der Waals surface area contributed by atoms with Crippen molar-refractivity contribution in [2.75, 3.05) is 0 Å². The fourth-order valence-electron chi connectivity index (χ4n) is 3.53. The zero-order valence-corrected chi connectivity index (χ0v) is 13.5. The Labute approximate surface area is 129 Å². The second kappa shape index (κ2) is 5.50. The molecule has 0 saturated heterocycles. The molecule has 0 bridgehead atoms. The topological polar surface area (TPSA) is 20.2 Å². The van der Waals surface area contributed by atoms with Crippen LogP contribution in [-0.4, -0.2) is 5.11 Å². The van der Waals surface area contributed by atoms with Crippen molar-refractivity contribution >= 4 is 26.7 Å². The molecule has 1 nitrogen and oxygen atoms in total. The molecular formula is C18H21BrO. The Balaban J connectivity index is 2.08. The van der Waals surface area contributed by atoms with Gasteiger partial charge in [-0.25, -0.2) is 0 Å². The lowest BCUT2D eigenvalue weighted by Crippen LogP contribution is -2.28. The molecule has 1 aliphatic carbocycles. The molecule has 20 heavy (non-hydrogen) atoms. The Kier molecular flexibility index (Phi) is 3.87. The molecule has 2 aromatic rings. The van der Waals surface area contributed by atoms with Gasteiger partial charge in [0.2, 0.25) is 0 Å². The van der Waals surface area contributed by atoms with Crippen molar-refractivity contribution in [2.45, 2.75) is 45.1 Å². The van der Waals surface area contributed by atoms with Gasteiger partial charge in [-0.1, -0.05) is 72.4 Å². The first kappa shape index (κ1) is 14.1. The van der Waals surface area contributed by atoms with Gasteiger partial charge in [0, 0.05) is 4.47 Å². The highest BCUT2D eigenvalue weighted by atomic mass is 79.9. The van der Waals surface area contributed by atoms with E-state index in [4.69, 9.17) is 0 Å². The smallest absolute Gasteiger partial charge is 0.0849 e. The normalized spacial score (nSPS) is 19.9. The molecule has 1 N–H and O–H groups in total. The van der Waals surface area contributed by atoms with Crippen molar-refractivity contribution in [1.82, 2.24) is 0 Å². The van der Waals surface area contributed by atoms with Crippen LogP contribution in [0.1, 0.15) is 50.7 Å². The predicted molar refractivity (Wildman–Crippen MR) is 87.8 cm³/mol. The Hall–Kier alpha value is -0.860. The van der Waals surface area contributed by atoms with E-state index in [-0.39, 0.29) is 11.5 Å². The molecule has 1 saturated carbocycles. The summed E-state index contributed by atoms with van der Waals surface area (Å²) >= 11 is 3.61. The molecule has 0 aliphatic heterocycles. The Morgan fingerprint density at radius 2 is 1.65 bits per heavy atom. The second-order valence-electron chi connectivity index (χ2n) is 6.30. The first-order chi connectivity index (χ1) is 9.62. The number of benzene rings is 2. The van der Waals surface area contributed by atoms with E-state index in [1.165, 1.54) is 30.0 Å². The summed E-state index contributed by atoms with van der Waals surface area (Å²) in [4.78, 5) is 0. The summed E-state index contributed by atoms with van der Waals surface area (Å²) in [5.41, 5.74) is 1.10. The van der Waals surface area contributed by atoms with Crippen LogP contribution < -0.4 is 0 Å². The van der Waals surface area contributed by atoms with Gasteiger partial charge in [0.25, 0.3) is 0 Å². The van der Waals surface area contributed by atoms with Gasteiger partial charge in [0.15, 0.2) is 0 Å². The largest absolute Gasteiger partial charge is 0.388 e. The van der Waals surface area contributed by atoms with Crippen molar-refractivity contribution in [3.63, 3.8) is 0 Å². The van der Waals surface area contributed by atoms with Crippen LogP contribution in [-0.2, 0) is 0 Å². The Morgan fingerprint density at radius 1 is 1.00 bits per heavy atom. The average Bonchev–Trinajstić information content (AvgIpc) is 2.48. The van der Waals surface area contributed by atoms with Crippen LogP contribution in [0.15, 0.2) is 40.9 Å². The van der Waals surface area contributed by atoms with E-state index in [0.717, 1.165) is 22.9 Å². The Morgan fingerprint density at radius 3 is 2.35 bits per heavy atom. The molecule has 1 atom stereocenters. The maximum Gasteiger partial charge on any atom is 0.0849 e. The summed E-state index contributed by atoms with van der Waals surface area (Å²) in [7, 11) is 0. The molecule has 1 fully saturated rings. The Bertz CT molecular complexity index is 614. The molecule has 0 radical (unpaired) electrons. The quantitative estimate of drug-likeness (QED) is 0.758. The van der Waals surface area contributed by atoms with Crippen LogP contribution >= 0.6 is 15.9 Å². The SMILES string of the molecule is CC1(C(O)c2ccc(Br)c3ccccc23)CCCCC1. The van der Waals surface area contributed by atoms with Gasteiger partial charge >= 0.3 is 0 Å². The van der Waals surface area contributed by atoms with E-state index in [2.05, 4.69) is 47.1 Å². The molecule has 106 valence electrons. The number of hydrogen-bond donors (Lipinski definition) is 1. The van der Waals surface area contributed by atoms with Gasteiger partial charge in [-0.05, 0) is 40.7 Å². The van der Waals surface area contributed by atoms with Crippen molar-refractivity contribution in [3.05, 3.63) is 46.4 Å². The highest BCUT2D eigenvalue weighted by Gasteiger charge is 2.35. The van der Waals surface area contributed by atoms with E-state index in [1.807, 2.05) is 12.1 Å². The fraction of sp³-hybridized carbons (Fsp3) is 0.444. The van der Waals surface area contributed by atoms with Gasteiger partial charge in [-0.2, -0.15) is 0 Å². The zero-order chi connectivity index (χ0) is 14.2. The summed E-state index contributed by atoms with van der Waals surface area (Å²) in [5, 5.41) is 13.3. The van der Waals surface area contributed by atoms with Gasteiger partial charge < -0.3 is 5.11 Å². The molecule has 2 aromatic carbocycles. The third kappa shape index (κ3) is 2.40. The number of rotatable bonds is 2. The molecule has 0 aromatic heterocycles. The molecule has 0 amide bonds. The van der Waals surface area contributed by atoms with Gasteiger partial charge in [0.1, 0.15) is 0 Å². The zero-order valence-electron chi connectivity index (χ0n) is 11.9. The minimum Gasteiger partial charge on any atom is -0.388 e. The molecule has 0 heterocycles. The van der Waals surface area contributed by atoms with Gasteiger partial charge in [-0.15, -0.1) is 0 Å². The number of aliphatic hydroxyl groups is 1. The van der Waals surface area contributed by atoms with E-state index in [1.54, 1.807) is 0 Å². The number of hydrogen-bond acceptors (Lipinski definition) is 1. The van der Waals surface area contributed by atoms with E-state index in [0.29, 0.717) is 0 Å². The summed E-state index contributed by atoms with van der Waals surface area (Å²) in [6.45, 7) is 2.24. The first-order valence-corrected chi connectivity index (χ1v) is 8.26. The lowest BCUT2D eigenvalue weighted by molar-refractivity contribution is 0.00919. The van der Waals surface area contributed by atoms with Crippen LogP contribution in [0.4, 0.5) is 0 Å². The van der Waals surface area contributed by atoms with Gasteiger partial charge in [-0.3, -0.25) is 0 Å². The molecule has 1 aliphatic rings. The third-order valence-corrected chi connectivity index (χ3v) is 5.55. The van der Waals surface area contributed by atoms with Crippen LogP contribution in [0.2, 0.25) is 0 Å². The summed E-state index contributed by atoms with van der Waals surface area (Å²) in [5.74, 6) is 0. The van der Waals surface area contributed by atoms with Crippen molar-refractivity contribution in [2.24, 2.45) is 5.41 Å². The van der Waals surface area contributed by atoms with Crippen LogP contribution in [0.5, 0.6) is 0 Å². The number of aliphatic hydroxyl groups excluding tert-OH is 1. The number of fused-ring (bicyclic) bond motifs is 1. The highest BCUT2D eigenvalue weighted by Crippen LogP contribution is 2.47. The summed E-state index contributed by atoms with van der Waals surface area (Å²) in [6.07, 6.45) is 5.66. The minimum atomic E-state index is -0.374. The van der Waals surface area contributed by atoms with E-state index < -0.39 is 0 Å². The lowest BCUT2D eigenvalue weighted by atomic mass is 9.69. The fourth-order valence-corrected chi connectivity index (χ4v) is 4.01. The summed E-state index contributed by atoms with van der Waals surface area (Å²) in [6, 6.07) is 12.5. The van der Waals surface area contributed by atoms with Crippen LogP contribution in [0, 0.1) is 5.41 Å². The molecule has 1 unspecified atom stereocenters.